The number of phenols is 1. The molecule has 0 saturated carbocycles. The van der Waals surface area contributed by atoms with Crippen molar-refractivity contribution in [3.63, 3.8) is 0 Å². The predicted octanol–water partition coefficient (Wildman–Crippen LogP) is 1.63. The van der Waals surface area contributed by atoms with E-state index in [1.54, 1.807) is 16.7 Å². The maximum absolute atomic E-state index is 9.50. The maximum atomic E-state index is 9.50. The van der Waals surface area contributed by atoms with Gasteiger partial charge in [0.15, 0.2) is 0 Å². The van der Waals surface area contributed by atoms with E-state index in [0.717, 1.165) is 0 Å². The number of phenolic OH excluding ortho intramolecular Hbond substituents is 1. The lowest BCUT2D eigenvalue weighted by Crippen LogP contribution is -1.89. The van der Waals surface area contributed by atoms with Crippen LogP contribution in [0.4, 0.5) is 0 Å². The third-order valence-electron chi connectivity index (χ3n) is 1.63. The molecule has 0 radical (unpaired) electrons. The smallest absolute Gasteiger partial charge is 0.141 e. The van der Waals surface area contributed by atoms with Gasteiger partial charge in [-0.1, -0.05) is 11.6 Å². The van der Waals surface area contributed by atoms with Crippen molar-refractivity contribution in [1.82, 2.24) is 14.8 Å². The molecule has 2 aromatic rings. The van der Waals surface area contributed by atoms with Crippen LogP contribution in [0.2, 0.25) is 5.02 Å². The standard InChI is InChI=1S/C8H6ClN3O/c9-6-1-2-7(8(13)3-6)12-4-10-11-5-12/h1-5,13H. The van der Waals surface area contributed by atoms with Crippen LogP contribution >= 0.6 is 11.6 Å². The summed E-state index contributed by atoms with van der Waals surface area (Å²) < 4.78 is 1.60. The van der Waals surface area contributed by atoms with Gasteiger partial charge in [0, 0.05) is 11.1 Å². The zero-order valence-corrected chi connectivity index (χ0v) is 7.31. The fourth-order valence-corrected chi connectivity index (χ4v) is 1.21. The monoisotopic (exact) mass is 195 g/mol. The molecular weight excluding hydrogens is 190 g/mol. The number of halogens is 1. The molecule has 0 saturated heterocycles. The van der Waals surface area contributed by atoms with Crippen LogP contribution in [0.3, 0.4) is 0 Å². The topological polar surface area (TPSA) is 50.9 Å². The van der Waals surface area contributed by atoms with Crippen molar-refractivity contribution in [3.8, 4) is 11.4 Å². The van der Waals surface area contributed by atoms with Crippen molar-refractivity contribution in [1.29, 1.82) is 0 Å². The van der Waals surface area contributed by atoms with E-state index in [2.05, 4.69) is 10.2 Å². The molecule has 1 N–H and O–H groups in total. The number of nitrogens with zero attached hydrogens (tertiary/aromatic N) is 3. The van der Waals surface area contributed by atoms with Gasteiger partial charge in [-0.15, -0.1) is 10.2 Å². The summed E-state index contributed by atoms with van der Waals surface area (Å²) in [6.45, 7) is 0. The zero-order chi connectivity index (χ0) is 9.26. The second-order valence-corrected chi connectivity index (χ2v) is 2.94. The van der Waals surface area contributed by atoms with Crippen LogP contribution < -0.4 is 0 Å². The highest BCUT2D eigenvalue weighted by Gasteiger charge is 2.03. The molecule has 5 heteroatoms. The Morgan fingerprint density at radius 1 is 1.23 bits per heavy atom. The highest BCUT2D eigenvalue weighted by molar-refractivity contribution is 6.30. The van der Waals surface area contributed by atoms with Crippen LogP contribution in [0.5, 0.6) is 5.75 Å². The number of hydrogen-bond acceptors (Lipinski definition) is 3. The van der Waals surface area contributed by atoms with Crippen molar-refractivity contribution in [2.24, 2.45) is 0 Å². The van der Waals surface area contributed by atoms with Gasteiger partial charge in [0.1, 0.15) is 18.4 Å². The van der Waals surface area contributed by atoms with Gasteiger partial charge >= 0.3 is 0 Å². The summed E-state index contributed by atoms with van der Waals surface area (Å²) in [5.74, 6) is 0.104. The van der Waals surface area contributed by atoms with Crippen molar-refractivity contribution < 1.29 is 5.11 Å². The molecule has 4 nitrogen and oxygen atoms in total. The van der Waals surface area contributed by atoms with Crippen LogP contribution in [0.1, 0.15) is 0 Å². The summed E-state index contributed by atoms with van der Waals surface area (Å²) in [4.78, 5) is 0. The Morgan fingerprint density at radius 2 is 1.92 bits per heavy atom. The number of rotatable bonds is 1. The van der Waals surface area contributed by atoms with Crippen molar-refractivity contribution in [2.75, 3.05) is 0 Å². The molecular formula is C8H6ClN3O. The molecule has 1 aromatic carbocycles. The molecule has 1 heterocycles. The average Bonchev–Trinajstić information content (AvgIpc) is 2.56. The molecule has 0 atom stereocenters. The van der Waals surface area contributed by atoms with E-state index in [1.165, 1.54) is 18.7 Å². The summed E-state index contributed by atoms with van der Waals surface area (Å²) >= 11 is 5.68. The first kappa shape index (κ1) is 8.07. The van der Waals surface area contributed by atoms with E-state index < -0.39 is 0 Å². The second kappa shape index (κ2) is 3.06. The van der Waals surface area contributed by atoms with Crippen LogP contribution in [-0.2, 0) is 0 Å². The molecule has 66 valence electrons. The SMILES string of the molecule is Oc1cc(Cl)ccc1-n1cnnc1. The Morgan fingerprint density at radius 3 is 2.54 bits per heavy atom. The second-order valence-electron chi connectivity index (χ2n) is 2.50. The maximum Gasteiger partial charge on any atom is 0.141 e. The van der Waals surface area contributed by atoms with Gasteiger partial charge in [-0.25, -0.2) is 0 Å². The fraction of sp³-hybridized carbons (Fsp3) is 0. The average molecular weight is 196 g/mol. The largest absolute Gasteiger partial charge is 0.506 e. The highest BCUT2D eigenvalue weighted by Crippen LogP contribution is 2.24. The molecule has 2 rings (SSSR count). The van der Waals surface area contributed by atoms with Gasteiger partial charge in [-0.05, 0) is 12.1 Å². The number of aromatic nitrogens is 3. The molecule has 0 bridgehead atoms. The van der Waals surface area contributed by atoms with Gasteiger partial charge < -0.3 is 5.11 Å². The van der Waals surface area contributed by atoms with Gasteiger partial charge in [0.05, 0.1) is 5.69 Å². The van der Waals surface area contributed by atoms with Crippen LogP contribution in [0.15, 0.2) is 30.9 Å². The minimum atomic E-state index is 0.104. The predicted molar refractivity (Wildman–Crippen MR) is 48.0 cm³/mol. The summed E-state index contributed by atoms with van der Waals surface area (Å²) in [5.41, 5.74) is 0.606. The molecule has 0 aliphatic carbocycles. The van der Waals surface area contributed by atoms with Gasteiger partial charge in [-0.3, -0.25) is 4.57 Å². The Hall–Kier alpha value is -1.55. The lowest BCUT2D eigenvalue weighted by molar-refractivity contribution is 0.472. The third-order valence-corrected chi connectivity index (χ3v) is 1.87. The molecule has 1 aromatic heterocycles. The Balaban J connectivity index is 2.53. The molecule has 0 spiro atoms. The normalized spacial score (nSPS) is 10.2. The number of hydrogen-bond donors (Lipinski definition) is 1. The molecule has 0 amide bonds. The Kier molecular flexibility index (Phi) is 1.90. The molecule has 0 fully saturated rings. The first-order valence-electron chi connectivity index (χ1n) is 3.61. The lowest BCUT2D eigenvalue weighted by Gasteiger charge is -2.03. The minimum Gasteiger partial charge on any atom is -0.506 e. The van der Waals surface area contributed by atoms with E-state index in [-0.39, 0.29) is 5.75 Å². The van der Waals surface area contributed by atoms with Crippen LogP contribution in [0.25, 0.3) is 5.69 Å². The first-order valence-corrected chi connectivity index (χ1v) is 3.98. The van der Waals surface area contributed by atoms with E-state index >= 15 is 0 Å². The third kappa shape index (κ3) is 1.48. The summed E-state index contributed by atoms with van der Waals surface area (Å²) in [6, 6.07) is 4.86. The molecule has 0 aliphatic rings. The van der Waals surface area contributed by atoms with E-state index in [9.17, 15) is 5.11 Å². The van der Waals surface area contributed by atoms with Gasteiger partial charge in [-0.2, -0.15) is 0 Å². The quantitative estimate of drug-likeness (QED) is 0.753. The van der Waals surface area contributed by atoms with Crippen molar-refractivity contribution in [3.05, 3.63) is 35.9 Å². The molecule has 13 heavy (non-hydrogen) atoms. The minimum absolute atomic E-state index is 0.104. The van der Waals surface area contributed by atoms with Crippen LogP contribution in [0, 0.1) is 0 Å². The lowest BCUT2D eigenvalue weighted by atomic mass is 10.3. The Bertz CT molecular complexity index is 413. The van der Waals surface area contributed by atoms with E-state index in [1.807, 2.05) is 0 Å². The summed E-state index contributed by atoms with van der Waals surface area (Å²) in [6.07, 6.45) is 3.01. The van der Waals surface area contributed by atoms with Crippen LogP contribution in [-0.4, -0.2) is 19.9 Å². The first-order chi connectivity index (χ1) is 6.27. The molecule has 0 aliphatic heterocycles. The van der Waals surface area contributed by atoms with E-state index in [4.69, 9.17) is 11.6 Å². The van der Waals surface area contributed by atoms with Gasteiger partial charge in [0.2, 0.25) is 0 Å². The highest BCUT2D eigenvalue weighted by atomic mass is 35.5. The zero-order valence-electron chi connectivity index (χ0n) is 6.55. The Labute approximate surface area is 79.4 Å². The number of aromatic hydroxyl groups is 1. The fourth-order valence-electron chi connectivity index (χ4n) is 1.04. The van der Waals surface area contributed by atoms with Crippen molar-refractivity contribution in [2.45, 2.75) is 0 Å². The summed E-state index contributed by atoms with van der Waals surface area (Å²) in [5, 5.41) is 17.3. The molecule has 0 unspecified atom stereocenters. The van der Waals surface area contributed by atoms with Crippen molar-refractivity contribution >= 4 is 11.6 Å². The van der Waals surface area contributed by atoms with Gasteiger partial charge in [0.25, 0.3) is 0 Å². The summed E-state index contributed by atoms with van der Waals surface area (Å²) in [7, 11) is 0. The number of benzene rings is 1. The van der Waals surface area contributed by atoms with E-state index in [0.29, 0.717) is 10.7 Å².